The number of para-hydroxylation sites is 1. The zero-order valence-electron chi connectivity index (χ0n) is 13.8. The number of fused-ring (bicyclic) bond motifs is 1. The van der Waals surface area contributed by atoms with Gasteiger partial charge in [0.05, 0.1) is 5.56 Å². The molecular weight excluding hydrogens is 364 g/mol. The van der Waals surface area contributed by atoms with Crippen molar-refractivity contribution in [3.8, 4) is 5.75 Å². The number of Topliss-reactive ketones (excluding diaryl/α,β-unsaturated/α-hetero) is 1. The summed E-state index contributed by atoms with van der Waals surface area (Å²) < 4.78 is 5.17. The number of amides is 1. The maximum Gasteiger partial charge on any atom is 0.349 e. The van der Waals surface area contributed by atoms with Crippen molar-refractivity contribution in [2.24, 2.45) is 0 Å². The number of thiocarbonyl (C=S) groups is 1. The highest BCUT2D eigenvalue weighted by atomic mass is 32.1. The Morgan fingerprint density at radius 2 is 1.67 bits per heavy atom. The molecule has 0 aliphatic carbocycles. The van der Waals surface area contributed by atoms with E-state index in [4.69, 9.17) is 17.0 Å². The molecule has 4 rings (SSSR count). The lowest BCUT2D eigenvalue weighted by atomic mass is 10.0. The van der Waals surface area contributed by atoms with E-state index in [0.29, 0.717) is 0 Å². The highest BCUT2D eigenvalue weighted by Crippen LogP contribution is 2.28. The number of esters is 1. The summed E-state index contributed by atoms with van der Waals surface area (Å²) in [6.45, 7) is 0. The van der Waals surface area contributed by atoms with Crippen molar-refractivity contribution in [1.82, 2.24) is 10.2 Å². The van der Waals surface area contributed by atoms with Gasteiger partial charge in [0.1, 0.15) is 17.0 Å². The van der Waals surface area contributed by atoms with Gasteiger partial charge in [0.15, 0.2) is 5.11 Å². The lowest BCUT2D eigenvalue weighted by Gasteiger charge is -2.18. The van der Waals surface area contributed by atoms with Gasteiger partial charge in [-0.1, -0.05) is 42.5 Å². The van der Waals surface area contributed by atoms with E-state index < -0.39 is 17.7 Å². The Morgan fingerprint density at radius 1 is 0.963 bits per heavy atom. The molecule has 27 heavy (non-hydrogen) atoms. The first kappa shape index (κ1) is 16.9. The van der Waals surface area contributed by atoms with Crippen LogP contribution in [0.1, 0.15) is 15.9 Å². The molecule has 0 aromatic heterocycles. The largest absolute Gasteiger partial charge is 0.422 e. The summed E-state index contributed by atoms with van der Waals surface area (Å²) in [6.07, 6.45) is 2.77. The van der Waals surface area contributed by atoms with Gasteiger partial charge in [-0.05, 0) is 36.0 Å². The summed E-state index contributed by atoms with van der Waals surface area (Å²) in [7, 11) is 0. The molecule has 0 atom stereocenters. The van der Waals surface area contributed by atoms with Crippen molar-refractivity contribution >= 4 is 41.1 Å². The number of nitrogens with one attached hydrogen (secondary N) is 1. The van der Waals surface area contributed by atoms with Crippen molar-refractivity contribution in [1.29, 1.82) is 0 Å². The van der Waals surface area contributed by atoms with Crippen molar-refractivity contribution < 1.29 is 19.1 Å². The topological polar surface area (TPSA) is 75.7 Å². The molecule has 0 saturated carbocycles. The zero-order chi connectivity index (χ0) is 19.0. The van der Waals surface area contributed by atoms with E-state index >= 15 is 0 Å². The number of ether oxygens (including phenoxy) is 1. The van der Waals surface area contributed by atoms with Crippen LogP contribution in [0.3, 0.4) is 0 Å². The Morgan fingerprint density at radius 3 is 2.44 bits per heavy atom. The number of benzene rings is 2. The minimum atomic E-state index is -0.824. The van der Waals surface area contributed by atoms with Crippen LogP contribution >= 0.6 is 12.2 Å². The average molecular weight is 376 g/mol. The predicted molar refractivity (Wildman–Crippen MR) is 101 cm³/mol. The SMILES string of the molecule is O=C1Oc2ccccc2C(=O)/C1=C\N1C(=O)/C(=C\c2ccccc2)NC1=S. The summed E-state index contributed by atoms with van der Waals surface area (Å²) in [4.78, 5) is 38.5. The number of hydrogen-bond acceptors (Lipinski definition) is 5. The van der Waals surface area contributed by atoms with Gasteiger partial charge in [0, 0.05) is 6.20 Å². The van der Waals surface area contributed by atoms with E-state index in [0.717, 1.165) is 16.7 Å². The van der Waals surface area contributed by atoms with Gasteiger partial charge in [-0.15, -0.1) is 0 Å². The van der Waals surface area contributed by atoms with E-state index in [-0.39, 0.29) is 27.7 Å². The van der Waals surface area contributed by atoms with Gasteiger partial charge < -0.3 is 10.1 Å². The average Bonchev–Trinajstić information content (AvgIpc) is 2.93. The summed E-state index contributed by atoms with van der Waals surface area (Å²) >= 11 is 5.18. The third-order valence-corrected chi connectivity index (χ3v) is 4.38. The Hall–Kier alpha value is -3.58. The molecule has 2 heterocycles. The molecular formula is C20H12N2O4S. The number of carbonyl (C=O) groups excluding carboxylic acids is 3. The summed E-state index contributed by atoms with van der Waals surface area (Å²) in [5.74, 6) is -1.61. The number of nitrogens with zero attached hydrogens (tertiary/aromatic N) is 1. The predicted octanol–water partition coefficient (Wildman–Crippen LogP) is 2.43. The van der Waals surface area contributed by atoms with E-state index in [1.54, 1.807) is 24.3 Å². The van der Waals surface area contributed by atoms with Crippen LogP contribution in [0.25, 0.3) is 6.08 Å². The Balaban J connectivity index is 1.67. The van der Waals surface area contributed by atoms with Gasteiger partial charge >= 0.3 is 5.97 Å². The van der Waals surface area contributed by atoms with E-state index in [1.807, 2.05) is 30.3 Å². The fraction of sp³-hybridized carbons (Fsp3) is 0. The molecule has 132 valence electrons. The quantitative estimate of drug-likeness (QED) is 0.285. The number of carbonyl (C=O) groups is 3. The van der Waals surface area contributed by atoms with Gasteiger partial charge in [-0.25, -0.2) is 4.79 Å². The van der Waals surface area contributed by atoms with E-state index in [2.05, 4.69) is 5.32 Å². The zero-order valence-corrected chi connectivity index (χ0v) is 14.7. The van der Waals surface area contributed by atoms with Gasteiger partial charge in [0.2, 0.25) is 5.78 Å². The van der Waals surface area contributed by atoms with Crippen molar-refractivity contribution in [3.63, 3.8) is 0 Å². The standard InChI is InChI=1S/C20H12N2O4S/c23-17-13-8-4-5-9-16(13)26-19(25)14(17)11-22-18(24)15(21-20(22)27)10-12-6-2-1-3-7-12/h1-11H,(H,21,27)/b14-11+,15-10+. The highest BCUT2D eigenvalue weighted by Gasteiger charge is 2.35. The third-order valence-electron chi connectivity index (χ3n) is 4.08. The Bertz CT molecular complexity index is 1060. The van der Waals surface area contributed by atoms with Crippen molar-refractivity contribution in [2.45, 2.75) is 0 Å². The maximum absolute atomic E-state index is 12.7. The Kier molecular flexibility index (Phi) is 4.13. The molecule has 1 fully saturated rings. The second-order valence-electron chi connectivity index (χ2n) is 5.83. The van der Waals surface area contributed by atoms with Crippen molar-refractivity contribution in [3.05, 3.63) is 83.2 Å². The monoisotopic (exact) mass is 376 g/mol. The molecule has 2 aromatic carbocycles. The smallest absolute Gasteiger partial charge is 0.349 e. The Labute approximate surface area is 159 Å². The fourth-order valence-corrected chi connectivity index (χ4v) is 3.00. The first-order valence-corrected chi connectivity index (χ1v) is 8.44. The van der Waals surface area contributed by atoms with Crippen LogP contribution < -0.4 is 10.1 Å². The molecule has 0 bridgehead atoms. The van der Waals surface area contributed by atoms with Crippen LogP contribution in [0, 0.1) is 0 Å². The van der Waals surface area contributed by atoms with E-state index in [1.165, 1.54) is 6.07 Å². The molecule has 0 unspecified atom stereocenters. The first-order chi connectivity index (χ1) is 13.0. The van der Waals surface area contributed by atoms with Crippen LogP contribution in [0.15, 0.2) is 72.1 Å². The molecule has 1 amide bonds. The highest BCUT2D eigenvalue weighted by molar-refractivity contribution is 7.80. The van der Waals surface area contributed by atoms with Gasteiger partial charge in [0.25, 0.3) is 5.91 Å². The minimum Gasteiger partial charge on any atom is -0.422 e. The molecule has 2 aliphatic rings. The molecule has 1 saturated heterocycles. The molecule has 6 nitrogen and oxygen atoms in total. The summed E-state index contributed by atoms with van der Waals surface area (Å²) in [6, 6.07) is 15.7. The molecule has 1 N–H and O–H groups in total. The van der Waals surface area contributed by atoms with Crippen LogP contribution in [0.5, 0.6) is 5.75 Å². The van der Waals surface area contributed by atoms with Gasteiger partial charge in [-0.2, -0.15) is 0 Å². The summed E-state index contributed by atoms with van der Waals surface area (Å²) in [5, 5.41) is 2.88. The molecule has 7 heteroatoms. The molecule has 0 spiro atoms. The van der Waals surface area contributed by atoms with Crippen molar-refractivity contribution in [2.75, 3.05) is 0 Å². The number of hydrogen-bond donors (Lipinski definition) is 1. The molecule has 0 radical (unpaired) electrons. The minimum absolute atomic E-state index is 0.0779. The van der Waals surface area contributed by atoms with Crippen LogP contribution in [0.4, 0.5) is 0 Å². The normalized spacial score (nSPS) is 19.3. The molecule has 2 aliphatic heterocycles. The van der Waals surface area contributed by atoms with Crippen LogP contribution in [-0.4, -0.2) is 27.7 Å². The lowest BCUT2D eigenvalue weighted by Crippen LogP contribution is -2.31. The second kappa shape index (κ2) is 6.62. The second-order valence-corrected chi connectivity index (χ2v) is 6.22. The fourth-order valence-electron chi connectivity index (χ4n) is 2.76. The van der Waals surface area contributed by atoms with Gasteiger partial charge in [-0.3, -0.25) is 14.5 Å². The third kappa shape index (κ3) is 3.04. The first-order valence-electron chi connectivity index (χ1n) is 8.03. The number of ketones is 1. The number of rotatable bonds is 2. The summed E-state index contributed by atoms with van der Waals surface area (Å²) in [5.41, 5.74) is 1.06. The van der Waals surface area contributed by atoms with E-state index in [9.17, 15) is 14.4 Å². The van der Waals surface area contributed by atoms with Crippen LogP contribution in [0.2, 0.25) is 0 Å². The molecule has 2 aromatic rings. The van der Waals surface area contributed by atoms with Crippen LogP contribution in [-0.2, 0) is 9.59 Å². The lowest BCUT2D eigenvalue weighted by molar-refractivity contribution is -0.130. The maximum atomic E-state index is 12.7.